The minimum Gasteiger partial charge on any atom is -0.325 e. The molecule has 0 aliphatic rings. The van der Waals surface area contributed by atoms with Crippen LogP contribution < -0.4 is 10.0 Å². The molecule has 7 heteroatoms. The van der Waals surface area contributed by atoms with E-state index < -0.39 is 10.0 Å². The van der Waals surface area contributed by atoms with Gasteiger partial charge in [0.25, 0.3) is 10.0 Å². The number of carbonyl (C=O) groups excluding carboxylic acids is 1. The summed E-state index contributed by atoms with van der Waals surface area (Å²) in [4.78, 5) is 12.3. The van der Waals surface area contributed by atoms with E-state index in [9.17, 15) is 13.2 Å². The molecule has 0 radical (unpaired) electrons. The smallest absolute Gasteiger partial charge is 0.261 e. The summed E-state index contributed by atoms with van der Waals surface area (Å²) >= 11 is 1.53. The Bertz CT molecular complexity index is 1110. The van der Waals surface area contributed by atoms with Crippen molar-refractivity contribution in [1.82, 2.24) is 0 Å². The van der Waals surface area contributed by atoms with Gasteiger partial charge in [-0.15, -0.1) is 11.8 Å². The fourth-order valence-corrected chi connectivity index (χ4v) is 4.61. The zero-order valence-electron chi connectivity index (χ0n) is 16.9. The maximum absolute atomic E-state index is 12.6. The lowest BCUT2D eigenvalue weighted by Crippen LogP contribution is -2.15. The Morgan fingerprint density at radius 1 is 0.867 bits per heavy atom. The van der Waals surface area contributed by atoms with E-state index in [2.05, 4.69) is 10.0 Å². The summed E-state index contributed by atoms with van der Waals surface area (Å²) in [7, 11) is -3.70. The standard InChI is InChI=1S/C23H24N2O3S2/c1-17-8-9-21(14-18(17)2)25-30(27,28)22-12-10-20(11-13-22)24-23(26)16-29-15-19-6-4-3-5-7-19/h3-14,25H,15-16H2,1-2H3,(H,24,26). The van der Waals surface area contributed by atoms with Gasteiger partial charge in [-0.05, 0) is 66.9 Å². The largest absolute Gasteiger partial charge is 0.325 e. The number of thioether (sulfide) groups is 1. The predicted molar refractivity (Wildman–Crippen MR) is 124 cm³/mol. The van der Waals surface area contributed by atoms with Gasteiger partial charge in [-0.1, -0.05) is 36.4 Å². The van der Waals surface area contributed by atoms with E-state index in [1.165, 1.54) is 29.5 Å². The zero-order chi connectivity index (χ0) is 21.6. The minimum atomic E-state index is -3.70. The van der Waals surface area contributed by atoms with Crippen molar-refractivity contribution in [2.45, 2.75) is 24.5 Å². The maximum Gasteiger partial charge on any atom is 0.261 e. The molecule has 0 heterocycles. The number of anilines is 2. The first-order chi connectivity index (χ1) is 14.3. The molecule has 0 fully saturated rings. The van der Waals surface area contributed by atoms with Crippen molar-refractivity contribution >= 4 is 39.1 Å². The average Bonchev–Trinajstić information content (AvgIpc) is 2.72. The van der Waals surface area contributed by atoms with Crippen molar-refractivity contribution in [3.8, 4) is 0 Å². The van der Waals surface area contributed by atoms with Crippen molar-refractivity contribution in [3.05, 3.63) is 89.5 Å². The van der Waals surface area contributed by atoms with Crippen molar-refractivity contribution in [3.63, 3.8) is 0 Å². The molecular formula is C23H24N2O3S2. The lowest BCUT2D eigenvalue weighted by Gasteiger charge is -2.11. The van der Waals surface area contributed by atoms with Crippen LogP contribution in [0.25, 0.3) is 0 Å². The highest BCUT2D eigenvalue weighted by Gasteiger charge is 2.14. The number of hydrogen-bond acceptors (Lipinski definition) is 4. The third-order valence-electron chi connectivity index (χ3n) is 4.55. The van der Waals surface area contributed by atoms with Crippen LogP contribution in [0.4, 0.5) is 11.4 Å². The highest BCUT2D eigenvalue weighted by atomic mass is 32.2. The summed E-state index contributed by atoms with van der Waals surface area (Å²) in [5.74, 6) is 0.957. The normalized spacial score (nSPS) is 11.1. The highest BCUT2D eigenvalue weighted by molar-refractivity contribution is 7.99. The van der Waals surface area contributed by atoms with Crippen LogP contribution >= 0.6 is 11.8 Å². The molecule has 30 heavy (non-hydrogen) atoms. The predicted octanol–water partition coefficient (Wildman–Crippen LogP) is 4.98. The molecule has 0 aliphatic carbocycles. The van der Waals surface area contributed by atoms with Crippen LogP contribution in [0.3, 0.4) is 0 Å². The van der Waals surface area contributed by atoms with Gasteiger partial charge in [-0.3, -0.25) is 9.52 Å². The van der Waals surface area contributed by atoms with Crippen LogP contribution in [0.2, 0.25) is 0 Å². The number of amides is 1. The summed E-state index contributed by atoms with van der Waals surface area (Å²) in [6.45, 7) is 3.91. The molecule has 3 rings (SSSR count). The molecule has 2 N–H and O–H groups in total. The number of aryl methyl sites for hydroxylation is 2. The highest BCUT2D eigenvalue weighted by Crippen LogP contribution is 2.21. The van der Waals surface area contributed by atoms with Crippen LogP contribution in [-0.2, 0) is 20.6 Å². The van der Waals surface area contributed by atoms with Gasteiger partial charge in [0.05, 0.1) is 10.6 Å². The first-order valence-corrected chi connectivity index (χ1v) is 12.1. The second-order valence-corrected chi connectivity index (χ2v) is 9.62. The van der Waals surface area contributed by atoms with Crippen LogP contribution in [0.5, 0.6) is 0 Å². The monoisotopic (exact) mass is 440 g/mol. The van der Waals surface area contributed by atoms with Gasteiger partial charge in [0, 0.05) is 17.1 Å². The molecule has 0 unspecified atom stereocenters. The third-order valence-corrected chi connectivity index (χ3v) is 6.95. The Morgan fingerprint density at radius 3 is 2.20 bits per heavy atom. The van der Waals surface area contributed by atoms with Gasteiger partial charge in [-0.2, -0.15) is 0 Å². The molecule has 3 aromatic carbocycles. The Hall–Kier alpha value is -2.77. The van der Waals surface area contributed by atoms with E-state index in [0.717, 1.165) is 16.9 Å². The maximum atomic E-state index is 12.6. The summed E-state index contributed by atoms with van der Waals surface area (Å²) in [6, 6.07) is 21.5. The van der Waals surface area contributed by atoms with Gasteiger partial charge in [0.1, 0.15) is 0 Å². The van der Waals surface area contributed by atoms with Gasteiger partial charge in [0.2, 0.25) is 5.91 Å². The fraction of sp³-hybridized carbons (Fsp3) is 0.174. The van der Waals surface area contributed by atoms with E-state index in [4.69, 9.17) is 0 Å². The van der Waals surface area contributed by atoms with Crippen molar-refractivity contribution in [1.29, 1.82) is 0 Å². The number of sulfonamides is 1. The van der Waals surface area contributed by atoms with E-state index in [1.54, 1.807) is 24.3 Å². The van der Waals surface area contributed by atoms with Crippen LogP contribution in [-0.4, -0.2) is 20.1 Å². The van der Waals surface area contributed by atoms with Crippen LogP contribution in [0.1, 0.15) is 16.7 Å². The van der Waals surface area contributed by atoms with Crippen molar-refractivity contribution in [2.75, 3.05) is 15.8 Å². The Balaban J connectivity index is 1.55. The van der Waals surface area contributed by atoms with Gasteiger partial charge in [0.15, 0.2) is 0 Å². The molecular weight excluding hydrogens is 416 g/mol. The quantitative estimate of drug-likeness (QED) is 0.518. The van der Waals surface area contributed by atoms with Gasteiger partial charge < -0.3 is 5.32 Å². The summed E-state index contributed by atoms with van der Waals surface area (Å²) in [5, 5.41) is 2.80. The molecule has 1 amide bonds. The van der Waals surface area contributed by atoms with Crippen LogP contribution in [0, 0.1) is 13.8 Å². The number of nitrogens with one attached hydrogen (secondary N) is 2. The molecule has 0 spiro atoms. The fourth-order valence-electron chi connectivity index (χ4n) is 2.77. The molecule has 3 aromatic rings. The average molecular weight is 441 g/mol. The van der Waals surface area contributed by atoms with Crippen molar-refractivity contribution < 1.29 is 13.2 Å². The molecule has 0 aromatic heterocycles. The lowest BCUT2D eigenvalue weighted by atomic mass is 10.1. The first-order valence-electron chi connectivity index (χ1n) is 9.45. The van der Waals surface area contributed by atoms with E-state index in [1.807, 2.05) is 50.2 Å². The van der Waals surface area contributed by atoms with Gasteiger partial charge in [-0.25, -0.2) is 8.42 Å². The van der Waals surface area contributed by atoms with Gasteiger partial charge >= 0.3 is 0 Å². The number of rotatable bonds is 8. The van der Waals surface area contributed by atoms with Crippen molar-refractivity contribution in [2.24, 2.45) is 0 Å². The SMILES string of the molecule is Cc1ccc(NS(=O)(=O)c2ccc(NC(=O)CSCc3ccccc3)cc2)cc1C. The number of carbonyl (C=O) groups is 1. The number of hydrogen-bond donors (Lipinski definition) is 2. The summed E-state index contributed by atoms with van der Waals surface area (Å²) in [5.41, 5.74) is 4.36. The minimum absolute atomic E-state index is 0.125. The Kier molecular flexibility index (Phi) is 7.18. The second kappa shape index (κ2) is 9.82. The summed E-state index contributed by atoms with van der Waals surface area (Å²) < 4.78 is 27.8. The first kappa shape index (κ1) is 21.9. The molecule has 156 valence electrons. The molecule has 0 atom stereocenters. The Labute approximate surface area is 182 Å². The topological polar surface area (TPSA) is 75.3 Å². The third kappa shape index (κ3) is 6.11. The molecule has 0 aliphatic heterocycles. The molecule has 0 saturated carbocycles. The van der Waals surface area contributed by atoms with E-state index in [-0.39, 0.29) is 10.8 Å². The lowest BCUT2D eigenvalue weighted by molar-refractivity contribution is -0.113. The van der Waals surface area contributed by atoms with E-state index >= 15 is 0 Å². The molecule has 0 bridgehead atoms. The Morgan fingerprint density at radius 2 is 1.53 bits per heavy atom. The summed E-state index contributed by atoms with van der Waals surface area (Å²) in [6.07, 6.45) is 0. The number of benzene rings is 3. The molecule has 0 saturated heterocycles. The van der Waals surface area contributed by atoms with E-state index in [0.29, 0.717) is 17.1 Å². The molecule has 5 nitrogen and oxygen atoms in total. The zero-order valence-corrected chi connectivity index (χ0v) is 18.5. The van der Waals surface area contributed by atoms with Crippen LogP contribution in [0.15, 0.2) is 77.7 Å². The second-order valence-electron chi connectivity index (χ2n) is 6.96.